The Morgan fingerprint density at radius 2 is 1.78 bits per heavy atom. The number of hydrogen-bond acceptors (Lipinski definition) is 1. The van der Waals surface area contributed by atoms with E-state index in [0.29, 0.717) is 9.47 Å². The first-order valence-electron chi connectivity index (χ1n) is 2.13. The van der Waals surface area contributed by atoms with Crippen molar-refractivity contribution >= 4 is 61.7 Å². The fraction of sp³-hybridized carbons (Fsp3) is 0.750. The first-order valence-corrected chi connectivity index (χ1v) is 12.1. The van der Waals surface area contributed by atoms with E-state index in [1.807, 2.05) is 6.92 Å². The second-order valence-corrected chi connectivity index (χ2v) is 14.5. The Morgan fingerprint density at radius 3 is 1.78 bits per heavy atom. The fourth-order valence-corrected chi connectivity index (χ4v) is 0. The van der Waals surface area contributed by atoms with Crippen LogP contribution in [-0.2, 0) is 14.3 Å². The van der Waals surface area contributed by atoms with Crippen molar-refractivity contribution in [1.29, 1.82) is 0 Å². The Balaban J connectivity index is 0. The molecule has 0 spiro atoms. The molecular formula is C4H7BrI2OV. The molecule has 9 heavy (non-hydrogen) atoms. The van der Waals surface area contributed by atoms with Crippen LogP contribution in [-0.4, -0.2) is 10.6 Å². The van der Waals surface area contributed by atoms with Gasteiger partial charge in [-0.15, -0.1) is 0 Å². The molecule has 0 saturated heterocycles. The number of Topliss-reactive ketones (excluding diaryl/α,β-unsaturated/α-hetero) is 1. The standard InChI is InChI=1S/C4H7BrO.2HI.V/c1-3(5)4(2)6;;;/h3H,1-2H3;2*1H;/q;;;+2/p-2. The summed E-state index contributed by atoms with van der Waals surface area (Å²) in [6, 6.07) is 0. The third-order valence-corrected chi connectivity index (χ3v) is 1.20. The van der Waals surface area contributed by atoms with Crippen molar-refractivity contribution in [3.05, 3.63) is 0 Å². The maximum atomic E-state index is 10.1. The predicted octanol–water partition coefficient (Wildman–Crippen LogP) is 3.13. The monoisotopic (exact) mass is 455 g/mol. The van der Waals surface area contributed by atoms with Crippen molar-refractivity contribution in [2.45, 2.75) is 18.7 Å². The van der Waals surface area contributed by atoms with Crippen LogP contribution in [0, 0.1) is 0 Å². The SMILES string of the molecule is CC(=O)C(C)Br.[I][V][I]. The van der Waals surface area contributed by atoms with Gasteiger partial charge in [-0.3, -0.25) is 4.79 Å². The Hall–Kier alpha value is 2.19. The molecule has 0 radical (unpaired) electrons. The van der Waals surface area contributed by atoms with Crippen LogP contribution in [0.2, 0.25) is 0 Å². The van der Waals surface area contributed by atoms with Crippen LogP contribution in [0.3, 0.4) is 0 Å². The number of ketones is 1. The fourth-order valence-electron chi connectivity index (χ4n) is 0. The average molecular weight is 456 g/mol. The second-order valence-electron chi connectivity index (χ2n) is 1.29. The van der Waals surface area contributed by atoms with Gasteiger partial charge in [0, 0.05) is 0 Å². The van der Waals surface area contributed by atoms with E-state index < -0.39 is 0 Å². The number of rotatable bonds is 1. The quantitative estimate of drug-likeness (QED) is 0.439. The maximum absolute atomic E-state index is 10.1. The molecule has 0 amide bonds. The Morgan fingerprint density at radius 1 is 1.67 bits per heavy atom. The van der Waals surface area contributed by atoms with Crippen LogP contribution in [0.25, 0.3) is 0 Å². The zero-order chi connectivity index (χ0) is 7.86. The van der Waals surface area contributed by atoms with Crippen LogP contribution in [0.1, 0.15) is 13.8 Å². The summed E-state index contributed by atoms with van der Waals surface area (Å²) in [7, 11) is 0.628. The van der Waals surface area contributed by atoms with E-state index in [2.05, 4.69) is 55.9 Å². The molecule has 0 aromatic heterocycles. The number of hydrogen-bond donors (Lipinski definition) is 0. The van der Waals surface area contributed by atoms with Crippen LogP contribution in [0.5, 0.6) is 0 Å². The zero-order valence-corrected chi connectivity index (χ0v) is 12.4. The van der Waals surface area contributed by atoms with Gasteiger partial charge in [0.25, 0.3) is 0 Å². The van der Waals surface area contributed by atoms with E-state index in [0.717, 1.165) is 0 Å². The summed E-state index contributed by atoms with van der Waals surface area (Å²) >= 11 is 7.83. The van der Waals surface area contributed by atoms with Gasteiger partial charge in [-0.1, -0.05) is 15.9 Å². The molecule has 0 aliphatic heterocycles. The van der Waals surface area contributed by atoms with E-state index in [4.69, 9.17) is 0 Å². The summed E-state index contributed by atoms with van der Waals surface area (Å²) in [4.78, 5) is 10.1. The number of halogens is 3. The Bertz CT molecular complexity index is 79.0. The van der Waals surface area contributed by atoms with E-state index in [1.165, 1.54) is 0 Å². The van der Waals surface area contributed by atoms with E-state index in [9.17, 15) is 4.79 Å². The van der Waals surface area contributed by atoms with Gasteiger partial charge in [-0.2, -0.15) is 0 Å². The van der Waals surface area contributed by atoms with Gasteiger partial charge >= 0.3 is 49.4 Å². The Kier molecular flexibility index (Phi) is 15.6. The van der Waals surface area contributed by atoms with Crippen LogP contribution >= 0.6 is 55.9 Å². The van der Waals surface area contributed by atoms with Crippen molar-refractivity contribution in [3.63, 3.8) is 0 Å². The number of carbonyl (C=O) groups is 1. The molecule has 0 N–H and O–H groups in total. The summed E-state index contributed by atoms with van der Waals surface area (Å²) in [5.74, 6) is 0.176. The molecule has 55 valence electrons. The van der Waals surface area contributed by atoms with Gasteiger partial charge in [0.1, 0.15) is 5.78 Å². The molecular weight excluding hydrogens is 449 g/mol. The normalized spacial score (nSPS) is 10.8. The second kappa shape index (κ2) is 10.2. The van der Waals surface area contributed by atoms with Crippen molar-refractivity contribution in [2.75, 3.05) is 0 Å². The first kappa shape index (κ1) is 13.8. The summed E-state index contributed by atoms with van der Waals surface area (Å²) in [6.45, 7) is 3.36. The van der Waals surface area contributed by atoms with Crippen molar-refractivity contribution in [3.8, 4) is 0 Å². The first-order chi connectivity index (χ1) is 4.06. The van der Waals surface area contributed by atoms with E-state index >= 15 is 0 Å². The van der Waals surface area contributed by atoms with Gasteiger partial charge in [0.2, 0.25) is 0 Å². The van der Waals surface area contributed by atoms with Gasteiger partial charge in [0.15, 0.2) is 0 Å². The molecule has 1 atom stereocenters. The molecule has 1 unspecified atom stereocenters. The van der Waals surface area contributed by atoms with Crippen molar-refractivity contribution < 1.29 is 14.3 Å². The summed E-state index contributed by atoms with van der Waals surface area (Å²) in [5.41, 5.74) is 0. The average Bonchev–Trinajstić information content (AvgIpc) is 1.68. The molecule has 0 aliphatic carbocycles. The minimum absolute atomic E-state index is 0.0255. The van der Waals surface area contributed by atoms with Crippen molar-refractivity contribution in [2.24, 2.45) is 0 Å². The molecule has 5 heteroatoms. The Labute approximate surface area is 93.1 Å². The zero-order valence-electron chi connectivity index (χ0n) is 5.07. The minimum atomic E-state index is 0.0255. The van der Waals surface area contributed by atoms with Crippen molar-refractivity contribution in [1.82, 2.24) is 0 Å². The van der Waals surface area contributed by atoms with Gasteiger partial charge < -0.3 is 0 Å². The van der Waals surface area contributed by atoms with Gasteiger partial charge in [-0.05, 0) is 13.8 Å². The molecule has 0 bridgehead atoms. The summed E-state index contributed by atoms with van der Waals surface area (Å²) < 4.78 is 0. The predicted molar refractivity (Wildman–Crippen MR) is 57.1 cm³/mol. The van der Waals surface area contributed by atoms with Gasteiger partial charge in [0.05, 0.1) is 4.83 Å². The molecule has 0 aromatic rings. The topological polar surface area (TPSA) is 17.1 Å². The van der Waals surface area contributed by atoms with Crippen LogP contribution in [0.4, 0.5) is 0 Å². The summed E-state index contributed by atoms with van der Waals surface area (Å²) in [6.07, 6.45) is 0. The van der Waals surface area contributed by atoms with Gasteiger partial charge in [-0.25, -0.2) is 0 Å². The molecule has 0 fully saturated rings. The van der Waals surface area contributed by atoms with Crippen LogP contribution < -0.4 is 0 Å². The molecule has 0 aliphatic rings. The molecule has 0 rings (SSSR count). The number of alkyl halides is 1. The molecule has 0 heterocycles. The molecule has 0 aromatic carbocycles. The third kappa shape index (κ3) is 17.8. The summed E-state index contributed by atoms with van der Waals surface area (Å²) in [5, 5.41) is 0. The molecule has 0 saturated carbocycles. The van der Waals surface area contributed by atoms with E-state index in [-0.39, 0.29) is 10.6 Å². The van der Waals surface area contributed by atoms with E-state index in [1.54, 1.807) is 6.92 Å². The van der Waals surface area contributed by atoms with Crippen LogP contribution in [0.15, 0.2) is 0 Å². The molecule has 1 nitrogen and oxygen atoms in total. The number of carbonyl (C=O) groups excluding carboxylic acids is 1. The third-order valence-electron chi connectivity index (χ3n) is 0.560.